The summed E-state index contributed by atoms with van der Waals surface area (Å²) in [5.74, 6) is 0.720. The number of rotatable bonds is 7. The molecule has 1 aromatic carbocycles. The number of anilines is 1. The first-order valence-corrected chi connectivity index (χ1v) is 10.4. The lowest BCUT2D eigenvalue weighted by molar-refractivity contribution is -0.122. The van der Waals surface area contributed by atoms with Crippen molar-refractivity contribution in [2.24, 2.45) is 0 Å². The fraction of sp³-hybridized carbons (Fsp3) is 0.238. The van der Waals surface area contributed by atoms with Gasteiger partial charge in [-0.2, -0.15) is 0 Å². The molecule has 29 heavy (non-hydrogen) atoms. The van der Waals surface area contributed by atoms with Crippen LogP contribution in [-0.2, 0) is 9.59 Å². The summed E-state index contributed by atoms with van der Waals surface area (Å²) in [4.78, 5) is 26.8. The molecule has 0 aliphatic carbocycles. The van der Waals surface area contributed by atoms with E-state index < -0.39 is 0 Å². The second-order valence-corrected chi connectivity index (χ2v) is 8.28. The molecule has 0 unspecified atom stereocenters. The summed E-state index contributed by atoms with van der Waals surface area (Å²) >= 11 is 6.64. The Morgan fingerprint density at radius 1 is 1.34 bits per heavy atom. The Bertz CT molecular complexity index is 980. The summed E-state index contributed by atoms with van der Waals surface area (Å²) in [6.45, 7) is 4.10. The van der Waals surface area contributed by atoms with Gasteiger partial charge in [0.05, 0.1) is 4.91 Å². The SMILES string of the molecule is CC(=C/c1ccccc1)/C=C1/SC(=S)N(CCCC(=O)Nc2cc(C)on2)C1=O. The summed E-state index contributed by atoms with van der Waals surface area (Å²) in [5, 5.41) is 6.39. The van der Waals surface area contributed by atoms with Gasteiger partial charge in [-0.1, -0.05) is 65.5 Å². The number of aryl methyl sites for hydroxylation is 1. The van der Waals surface area contributed by atoms with Gasteiger partial charge in [0.2, 0.25) is 5.91 Å². The average Bonchev–Trinajstić information content (AvgIpc) is 3.19. The van der Waals surface area contributed by atoms with E-state index in [4.69, 9.17) is 16.7 Å². The van der Waals surface area contributed by atoms with Gasteiger partial charge in [0.15, 0.2) is 5.82 Å². The molecule has 1 aliphatic heterocycles. The van der Waals surface area contributed by atoms with Crippen LogP contribution in [-0.4, -0.2) is 32.7 Å². The number of carbonyl (C=O) groups is 2. The van der Waals surface area contributed by atoms with Crippen LogP contribution in [0.5, 0.6) is 0 Å². The standard InChI is InChI=1S/C21H21N3O3S2/c1-14(11-16-7-4-3-5-8-16)12-17-20(26)24(21(28)29-17)10-6-9-19(25)22-18-13-15(2)27-23-18/h3-5,7-8,11-13H,6,9-10H2,1-2H3,(H,22,23,25)/b14-11-,17-12+. The van der Waals surface area contributed by atoms with Gasteiger partial charge in [0.1, 0.15) is 10.1 Å². The van der Waals surface area contributed by atoms with E-state index in [1.807, 2.05) is 49.4 Å². The summed E-state index contributed by atoms with van der Waals surface area (Å²) in [5.41, 5.74) is 2.05. The number of nitrogens with zero attached hydrogens (tertiary/aromatic N) is 2. The molecule has 0 saturated carbocycles. The Morgan fingerprint density at radius 2 is 2.10 bits per heavy atom. The number of amides is 2. The number of thioether (sulfide) groups is 1. The molecule has 1 aromatic heterocycles. The number of hydrogen-bond donors (Lipinski definition) is 1. The quantitative estimate of drug-likeness (QED) is 0.516. The van der Waals surface area contributed by atoms with Gasteiger partial charge in [-0.05, 0) is 37.5 Å². The molecule has 2 amide bonds. The van der Waals surface area contributed by atoms with E-state index in [-0.39, 0.29) is 18.2 Å². The number of hydrogen-bond acceptors (Lipinski definition) is 6. The van der Waals surface area contributed by atoms with Crippen LogP contribution < -0.4 is 5.32 Å². The molecule has 0 bridgehead atoms. The molecule has 8 heteroatoms. The Balaban J connectivity index is 1.53. The topological polar surface area (TPSA) is 75.4 Å². The Labute approximate surface area is 179 Å². The second-order valence-electron chi connectivity index (χ2n) is 6.61. The highest BCUT2D eigenvalue weighted by Gasteiger charge is 2.31. The number of benzene rings is 1. The van der Waals surface area contributed by atoms with Crippen molar-refractivity contribution in [3.8, 4) is 0 Å². The van der Waals surface area contributed by atoms with E-state index in [1.54, 1.807) is 17.9 Å². The Hall–Kier alpha value is -2.71. The van der Waals surface area contributed by atoms with Crippen molar-refractivity contribution < 1.29 is 14.1 Å². The van der Waals surface area contributed by atoms with Gasteiger partial charge >= 0.3 is 0 Å². The third-order valence-electron chi connectivity index (χ3n) is 4.11. The minimum atomic E-state index is -0.180. The zero-order chi connectivity index (χ0) is 20.8. The van der Waals surface area contributed by atoms with Crippen LogP contribution in [0.3, 0.4) is 0 Å². The molecule has 0 atom stereocenters. The minimum absolute atomic E-state index is 0.117. The fourth-order valence-corrected chi connectivity index (χ4v) is 4.14. The largest absolute Gasteiger partial charge is 0.360 e. The molecule has 150 valence electrons. The van der Waals surface area contributed by atoms with Crippen LogP contribution in [0.4, 0.5) is 5.82 Å². The molecular weight excluding hydrogens is 406 g/mol. The van der Waals surface area contributed by atoms with Crippen molar-refractivity contribution in [3.63, 3.8) is 0 Å². The average molecular weight is 428 g/mol. The van der Waals surface area contributed by atoms with Gasteiger partial charge in [0, 0.05) is 19.0 Å². The van der Waals surface area contributed by atoms with E-state index in [0.29, 0.717) is 33.8 Å². The molecule has 2 aromatic rings. The van der Waals surface area contributed by atoms with E-state index in [0.717, 1.165) is 11.1 Å². The summed E-state index contributed by atoms with van der Waals surface area (Å²) in [7, 11) is 0. The molecule has 1 saturated heterocycles. The molecule has 0 spiro atoms. The zero-order valence-electron chi connectivity index (χ0n) is 16.2. The lowest BCUT2D eigenvalue weighted by Crippen LogP contribution is -2.29. The van der Waals surface area contributed by atoms with E-state index in [1.165, 1.54) is 11.8 Å². The first kappa shape index (κ1) is 21.0. The van der Waals surface area contributed by atoms with Gasteiger partial charge < -0.3 is 9.84 Å². The van der Waals surface area contributed by atoms with Gasteiger partial charge in [0.25, 0.3) is 5.91 Å². The van der Waals surface area contributed by atoms with Crippen molar-refractivity contribution in [2.45, 2.75) is 26.7 Å². The number of nitrogens with one attached hydrogen (secondary N) is 1. The normalized spacial score (nSPS) is 16.0. The van der Waals surface area contributed by atoms with Gasteiger partial charge in [-0.25, -0.2) is 0 Å². The predicted molar refractivity (Wildman–Crippen MR) is 119 cm³/mol. The molecule has 6 nitrogen and oxygen atoms in total. The molecule has 3 rings (SSSR count). The van der Waals surface area contributed by atoms with Crippen molar-refractivity contribution in [2.75, 3.05) is 11.9 Å². The molecule has 1 N–H and O–H groups in total. The third-order valence-corrected chi connectivity index (χ3v) is 5.49. The number of thiocarbonyl (C=S) groups is 1. The van der Waals surface area contributed by atoms with Crippen molar-refractivity contribution in [1.29, 1.82) is 0 Å². The smallest absolute Gasteiger partial charge is 0.266 e. The maximum atomic E-state index is 12.7. The first-order valence-electron chi connectivity index (χ1n) is 9.14. The Kier molecular flexibility index (Phi) is 7.00. The highest BCUT2D eigenvalue weighted by atomic mass is 32.2. The zero-order valence-corrected chi connectivity index (χ0v) is 17.8. The van der Waals surface area contributed by atoms with Gasteiger partial charge in [-0.15, -0.1) is 0 Å². The van der Waals surface area contributed by atoms with Crippen molar-refractivity contribution >= 4 is 52.0 Å². The minimum Gasteiger partial charge on any atom is -0.360 e. The predicted octanol–water partition coefficient (Wildman–Crippen LogP) is 4.55. The van der Waals surface area contributed by atoms with Crippen LogP contribution in [0.25, 0.3) is 6.08 Å². The summed E-state index contributed by atoms with van der Waals surface area (Å²) < 4.78 is 5.43. The van der Waals surface area contributed by atoms with Gasteiger partial charge in [-0.3, -0.25) is 14.5 Å². The molecule has 1 aliphatic rings. The highest BCUT2D eigenvalue weighted by Crippen LogP contribution is 2.32. The van der Waals surface area contributed by atoms with Crippen molar-refractivity contribution in [1.82, 2.24) is 10.1 Å². The fourth-order valence-electron chi connectivity index (χ4n) is 2.78. The third kappa shape index (κ3) is 5.88. The summed E-state index contributed by atoms with van der Waals surface area (Å²) in [6, 6.07) is 11.6. The monoisotopic (exact) mass is 427 g/mol. The highest BCUT2D eigenvalue weighted by molar-refractivity contribution is 8.26. The van der Waals surface area contributed by atoms with E-state index >= 15 is 0 Å². The van der Waals surface area contributed by atoms with Crippen LogP contribution in [0, 0.1) is 6.92 Å². The maximum absolute atomic E-state index is 12.7. The lowest BCUT2D eigenvalue weighted by Gasteiger charge is -2.13. The van der Waals surface area contributed by atoms with E-state index in [9.17, 15) is 9.59 Å². The van der Waals surface area contributed by atoms with Crippen LogP contribution in [0.1, 0.15) is 31.1 Å². The maximum Gasteiger partial charge on any atom is 0.266 e. The molecular formula is C21H21N3O3S2. The number of aromatic nitrogens is 1. The van der Waals surface area contributed by atoms with Crippen LogP contribution in [0.2, 0.25) is 0 Å². The van der Waals surface area contributed by atoms with E-state index in [2.05, 4.69) is 10.5 Å². The van der Waals surface area contributed by atoms with Crippen LogP contribution in [0.15, 0.2) is 57.5 Å². The van der Waals surface area contributed by atoms with Crippen molar-refractivity contribution in [3.05, 3.63) is 64.3 Å². The summed E-state index contributed by atoms with van der Waals surface area (Å²) in [6.07, 6.45) is 4.63. The first-order chi connectivity index (χ1) is 13.9. The number of carbonyl (C=O) groups excluding carboxylic acids is 2. The Morgan fingerprint density at radius 3 is 2.79 bits per heavy atom. The molecule has 2 heterocycles. The lowest BCUT2D eigenvalue weighted by atomic mass is 10.1. The molecule has 0 radical (unpaired) electrons. The van der Waals surface area contributed by atoms with Crippen LogP contribution >= 0.6 is 24.0 Å². The molecule has 1 fully saturated rings. The second kappa shape index (κ2) is 9.67. The number of allylic oxidation sites excluding steroid dienone is 2.